The van der Waals surface area contributed by atoms with Gasteiger partial charge in [0.25, 0.3) is 23.6 Å². The van der Waals surface area contributed by atoms with Crippen molar-refractivity contribution < 1.29 is 143 Å². The Morgan fingerprint density at radius 2 is 0.571 bits per heavy atom. The summed E-state index contributed by atoms with van der Waals surface area (Å²) in [5.41, 5.74) is 0.312. The number of allylic oxidation sites excluding steroid dienone is 4. The van der Waals surface area contributed by atoms with E-state index in [0.29, 0.717) is 19.3 Å². The molecule has 6 heterocycles. The molecule has 2 saturated carbocycles. The zero-order chi connectivity index (χ0) is 92.3. The first kappa shape index (κ1) is 106. The molecule has 8 aliphatic rings. The molecule has 37 nitrogen and oxygen atoms in total. The molecule has 6 aliphatic heterocycles. The van der Waals surface area contributed by atoms with Crippen molar-refractivity contribution in [2.45, 2.75) is 339 Å². The summed E-state index contributed by atoms with van der Waals surface area (Å²) < 4.78 is 74.4. The Morgan fingerprint density at radius 3 is 0.873 bits per heavy atom. The highest BCUT2D eigenvalue weighted by atomic mass is 16.7. The molecule has 704 valence electrons. The third-order valence-electron chi connectivity index (χ3n) is 21.6. The number of amides is 14. The number of rotatable bonds is 44. The van der Waals surface area contributed by atoms with E-state index in [9.17, 15) is 76.7 Å². The van der Waals surface area contributed by atoms with Crippen LogP contribution in [-0.2, 0) is 109 Å². The minimum Gasteiger partial charge on any atom is -0.462 e. The fraction of sp³-hybridized carbons (Fsp3) is 0.685. The molecule has 0 radical (unpaired) electrons. The van der Waals surface area contributed by atoms with E-state index in [2.05, 4.69) is 69.8 Å². The smallest absolute Gasteiger partial charge is 0.414 e. The largest absolute Gasteiger partial charge is 0.462 e. The van der Waals surface area contributed by atoms with E-state index in [1.54, 1.807) is 0 Å². The van der Waals surface area contributed by atoms with E-state index in [1.165, 1.54) is 143 Å². The summed E-state index contributed by atoms with van der Waals surface area (Å²) in [4.78, 5) is 185. The Hall–Kier alpha value is -10.1. The summed E-state index contributed by atoms with van der Waals surface area (Å²) in [5.74, 6) is -4.29. The number of imide groups is 7. The zero-order valence-corrected chi connectivity index (χ0v) is 73.9. The van der Waals surface area contributed by atoms with Crippen molar-refractivity contribution >= 4 is 95.8 Å². The van der Waals surface area contributed by atoms with Gasteiger partial charge in [-0.25, -0.2) is 33.6 Å². The lowest BCUT2D eigenvalue weighted by atomic mass is 9.98. The SMILES string of the molecule is C=C(C)C(=O)NC(=O)O[C@H]1CO[C@H]2[C@@H]1OC[C@H]2OC(=O)NC(=O)C(=C)C.C=CC(=O)NC(=O)O[C@@H]1CO[C@H]2[C@@H]1OC[C@H]2OC(=O)NC(=O)C=C.CC(=O)NC(=O)O[C@H]1CO[C@H]2[C@@H]1OC[C@H]2OC(=O)NC(C)=O.CCCCCCCC/C=C\CCCCCCCC(=O)CC(=O)O[C@@H]1CC[C@H]2[C@@H]1CC[C@@H]2OC(=O)NC(=O)CCCCCCC/C=C\CCCCCCCC. The van der Waals surface area contributed by atoms with Gasteiger partial charge < -0.3 is 66.3 Å². The van der Waals surface area contributed by atoms with Crippen LogP contribution in [0.5, 0.6) is 0 Å². The average molecular weight is 1780 g/mol. The fourth-order valence-corrected chi connectivity index (χ4v) is 15.2. The van der Waals surface area contributed by atoms with Crippen molar-refractivity contribution in [2.24, 2.45) is 11.8 Å². The standard InChI is InChI=1S/C47H81NO6.C16H20N2O8.C14H16N2O8.C12H16N2O8/c1-3-5-7-9-11-13-15-17-19-21-23-25-27-29-31-33-40(49)39-46(51)53-43-37-35-42-41(43)36-38-44(42)54-47(52)48-45(50)34-32-30-28-26-24-22-20-18-16-14-12-10-8-6-4-2;1-7(2)13(19)17-15(21)25-9-5-23-12-10(6-24-11(9)12)26-16(22)18-14(20)8(3)4;1-3-9(17)15-13(19)23-7-5-21-12-8(6-22-11(7)12)24-14(20)16-10(18)4-2;1-5(15)13-11(17)21-7-3-19-10-8(4-20-9(7)10)22-12(18)14-6(2)16/h17-20,41-44H,3-16,21-39H2,1-2H3,(H,48,50,52);9-12H,1,3,5-6H2,2,4H3,(H,17,19,21)(H,18,20,22);3-4,7-8,11-12H,1-2,5-6H2,(H,15,17,19)(H,16,18,20);7-10H,3-4H2,1-2H3,(H,13,15,17)(H,14,16,18)/b19-17-,20-18-;;;/t41-,42-,43+,44-;9-,10+,11-,12-;7-,8-,11-,12-;7-,8+,9-,10-/m0111/s1. The van der Waals surface area contributed by atoms with Gasteiger partial charge in [0.2, 0.25) is 17.7 Å². The van der Waals surface area contributed by atoms with E-state index in [4.69, 9.17) is 66.3 Å². The molecule has 0 aromatic rings. The third-order valence-corrected chi connectivity index (χ3v) is 21.6. The minimum absolute atomic E-state index is 0.0101. The van der Waals surface area contributed by atoms with Crippen molar-refractivity contribution in [1.29, 1.82) is 0 Å². The quantitative estimate of drug-likeness (QED) is 0.00744. The Bertz CT molecular complexity index is 3470. The van der Waals surface area contributed by atoms with Crippen LogP contribution in [0.4, 0.5) is 33.6 Å². The molecule has 126 heavy (non-hydrogen) atoms. The molecule has 0 unspecified atom stereocenters. The maximum Gasteiger partial charge on any atom is 0.414 e. The van der Waals surface area contributed by atoms with Crippen molar-refractivity contribution in [3.05, 3.63) is 73.9 Å². The Kier molecular flexibility index (Phi) is 50.5. The summed E-state index contributed by atoms with van der Waals surface area (Å²) in [6, 6.07) is 0. The number of ketones is 1. The first-order valence-electron chi connectivity index (χ1n) is 44.2. The maximum absolute atomic E-state index is 12.6. The predicted molar refractivity (Wildman–Crippen MR) is 453 cm³/mol. The minimum atomic E-state index is -0.962. The average Bonchev–Trinajstić information content (AvgIpc) is 1.67. The molecule has 0 aromatic carbocycles. The lowest BCUT2D eigenvalue weighted by molar-refractivity contribution is -0.153. The summed E-state index contributed by atoms with van der Waals surface area (Å²) in [7, 11) is 0. The molecule has 14 amide bonds. The fourth-order valence-electron chi connectivity index (χ4n) is 15.2. The van der Waals surface area contributed by atoms with Gasteiger partial charge in [0.1, 0.15) is 61.0 Å². The third kappa shape index (κ3) is 41.1. The lowest BCUT2D eigenvalue weighted by Gasteiger charge is -2.21. The van der Waals surface area contributed by atoms with Gasteiger partial charge in [-0.2, -0.15) is 0 Å². The van der Waals surface area contributed by atoms with Crippen molar-refractivity contribution in [3.8, 4) is 0 Å². The van der Waals surface area contributed by atoms with Gasteiger partial charge >= 0.3 is 48.6 Å². The zero-order valence-electron chi connectivity index (χ0n) is 73.9. The molecule has 2 aliphatic carbocycles. The van der Waals surface area contributed by atoms with Crippen LogP contribution in [0.15, 0.2) is 73.9 Å². The number of alkyl carbamates (subject to hydrolysis) is 7. The Labute approximate surface area is 737 Å². The number of ether oxygens (including phenoxy) is 14. The predicted octanol–water partition coefficient (Wildman–Crippen LogP) is 12.0. The van der Waals surface area contributed by atoms with E-state index in [0.717, 1.165) is 82.8 Å². The van der Waals surface area contributed by atoms with Crippen LogP contribution in [0, 0.1) is 11.8 Å². The molecule has 37 heteroatoms. The molecule has 8 rings (SSSR count). The van der Waals surface area contributed by atoms with Crippen LogP contribution in [0.3, 0.4) is 0 Å². The van der Waals surface area contributed by atoms with E-state index < -0.39 is 157 Å². The van der Waals surface area contributed by atoms with Gasteiger partial charge in [-0.05, 0) is 116 Å². The van der Waals surface area contributed by atoms with Gasteiger partial charge in [0.15, 0.2) is 36.6 Å². The van der Waals surface area contributed by atoms with Crippen LogP contribution in [0.2, 0.25) is 0 Å². The monoisotopic (exact) mass is 1780 g/mol. The first-order valence-corrected chi connectivity index (χ1v) is 44.2. The Balaban J connectivity index is 0.000000325. The molecule has 0 aromatic heterocycles. The number of carbonyl (C=O) groups is 16. The lowest BCUT2D eigenvalue weighted by Crippen LogP contribution is -2.41. The van der Waals surface area contributed by atoms with Gasteiger partial charge in [-0.15, -0.1) is 0 Å². The van der Waals surface area contributed by atoms with Crippen molar-refractivity contribution in [3.63, 3.8) is 0 Å². The number of esters is 1. The van der Waals surface area contributed by atoms with E-state index >= 15 is 0 Å². The molecule has 8 fully saturated rings. The van der Waals surface area contributed by atoms with Crippen LogP contribution in [-0.4, -0.2) is 221 Å². The molecule has 16 atom stereocenters. The van der Waals surface area contributed by atoms with E-state index in [-0.39, 0.29) is 92.9 Å². The topological polar surface area (TPSA) is 487 Å². The number of nitrogens with one attached hydrogen (secondary N) is 7. The van der Waals surface area contributed by atoms with Gasteiger partial charge in [0, 0.05) is 49.7 Å². The summed E-state index contributed by atoms with van der Waals surface area (Å²) >= 11 is 0. The first-order chi connectivity index (χ1) is 60.4. The highest BCUT2D eigenvalue weighted by molar-refractivity contribution is 6.02. The number of hydrogen-bond donors (Lipinski definition) is 7. The van der Waals surface area contributed by atoms with Crippen LogP contribution >= 0.6 is 0 Å². The highest BCUT2D eigenvalue weighted by Crippen LogP contribution is 2.47. The Morgan fingerprint density at radius 1 is 0.310 bits per heavy atom. The second-order valence-electron chi connectivity index (χ2n) is 32.1. The van der Waals surface area contributed by atoms with Crippen molar-refractivity contribution in [1.82, 2.24) is 37.2 Å². The molecule has 0 spiro atoms. The maximum atomic E-state index is 12.6. The number of fused-ring (bicyclic) bond motifs is 4. The van der Waals surface area contributed by atoms with Gasteiger partial charge in [0.05, 0.1) is 39.6 Å². The van der Waals surface area contributed by atoms with Crippen LogP contribution < -0.4 is 37.2 Å². The second-order valence-corrected chi connectivity index (χ2v) is 32.1. The second kappa shape index (κ2) is 59.8. The normalized spacial score (nSPS) is 24.1. The molecular formula is C89H133N7O30. The summed E-state index contributed by atoms with van der Waals surface area (Å²) in [5, 5.41) is 14.2. The van der Waals surface area contributed by atoms with E-state index in [1.807, 2.05) is 31.9 Å². The number of unbranched alkanes of at least 4 members (excludes halogenated alkanes) is 22. The number of hydrogen-bond acceptors (Lipinski definition) is 30. The van der Waals surface area contributed by atoms with Crippen molar-refractivity contribution in [2.75, 3.05) is 39.6 Å². The number of Topliss-reactive ketones (excluding diaryl/α,β-unsaturated/α-hetero) is 1. The van der Waals surface area contributed by atoms with Crippen LogP contribution in [0.1, 0.15) is 253 Å². The molecule has 7 N–H and O–H groups in total. The highest BCUT2D eigenvalue weighted by Gasteiger charge is 2.55. The summed E-state index contributed by atoms with van der Waals surface area (Å²) in [6.07, 6.45) is 31.1. The molecular weight excluding hydrogens is 1650 g/mol. The molecule has 0 bridgehead atoms. The van der Waals surface area contributed by atoms with Gasteiger partial charge in [-0.3, -0.25) is 80.4 Å². The van der Waals surface area contributed by atoms with Crippen LogP contribution in [0.25, 0.3) is 0 Å². The molecule has 6 saturated heterocycles. The number of carbonyl (C=O) groups excluding carboxylic acids is 16. The summed E-state index contributed by atoms with van der Waals surface area (Å²) in [6.45, 7) is 23.1. The van der Waals surface area contributed by atoms with Gasteiger partial charge in [-0.1, -0.05) is 167 Å².